The summed E-state index contributed by atoms with van der Waals surface area (Å²) in [5, 5.41) is 20.6. The number of aliphatic hydroxyl groups excluding tert-OH is 1. The van der Waals surface area contributed by atoms with Crippen molar-refractivity contribution in [2.75, 3.05) is 13.2 Å². The molecule has 0 aromatic rings. The molecule has 0 spiro atoms. The third-order valence-corrected chi connectivity index (χ3v) is 8.64. The molecule has 4 fully saturated rings. The molecule has 0 amide bonds. The minimum atomic E-state index is -7.90. The molecule has 0 saturated heterocycles. The van der Waals surface area contributed by atoms with Crippen molar-refractivity contribution in [3.05, 3.63) is 0 Å². The van der Waals surface area contributed by atoms with Crippen LogP contribution in [0.3, 0.4) is 0 Å². The molecule has 3 atom stereocenters. The van der Waals surface area contributed by atoms with Gasteiger partial charge in [-0.2, -0.15) is 52.7 Å². The fraction of sp³-hybridized carbons (Fsp3) is 0.947. The van der Waals surface area contributed by atoms with Crippen LogP contribution in [0, 0.1) is 22.7 Å². The summed E-state index contributed by atoms with van der Waals surface area (Å²) < 4.78 is 165. The summed E-state index contributed by atoms with van der Waals surface area (Å²) in [6.45, 7) is -1.49. The number of esters is 1. The highest BCUT2D eigenvalue weighted by molar-refractivity contribution is 7.97. The maximum absolute atomic E-state index is 14.8. The molecule has 4 rings (SSSR count). The number of carbonyl (C=O) groups is 1. The van der Waals surface area contributed by atoms with Crippen LogP contribution in [0.5, 0.6) is 0 Å². The highest BCUT2D eigenvalue weighted by Crippen LogP contribution is 2.66. The first-order valence-electron chi connectivity index (χ1n) is 10.8. The van der Waals surface area contributed by atoms with Gasteiger partial charge in [0.15, 0.2) is 0 Å². The Morgan fingerprint density at radius 2 is 1.29 bits per heavy atom. The maximum Gasteiger partial charge on any atom is 0.460 e. The van der Waals surface area contributed by atoms with Crippen LogP contribution in [0.15, 0.2) is 0 Å². The molecular weight excluding hydrogens is 584 g/mol. The second-order valence-electron chi connectivity index (χ2n) is 10.3. The Kier molecular flexibility index (Phi) is 7.79. The van der Waals surface area contributed by atoms with Gasteiger partial charge in [0.1, 0.15) is 0 Å². The fourth-order valence-corrected chi connectivity index (χ4v) is 7.13. The van der Waals surface area contributed by atoms with E-state index in [1.165, 1.54) is 0 Å². The quantitative estimate of drug-likeness (QED) is 0.105. The summed E-state index contributed by atoms with van der Waals surface area (Å²) in [7, 11) is 0. The molecule has 4 saturated carbocycles. The standard InChI is InChI=1S/C19H20F12O6S/c20-15(21,16(22,23)17(24,25)19(29,30)31)14(18(26,27)28,38-37-36-34)11(33)35-8-13-4-9-1-10(5-13)3-12(2-9,6-13)7-32/h9-10,32,34H,1-8H2. The van der Waals surface area contributed by atoms with E-state index in [4.69, 9.17) is 5.26 Å². The van der Waals surface area contributed by atoms with Crippen LogP contribution in [0.1, 0.15) is 38.5 Å². The lowest BCUT2D eigenvalue weighted by atomic mass is 9.44. The highest BCUT2D eigenvalue weighted by atomic mass is 32.2. The summed E-state index contributed by atoms with van der Waals surface area (Å²) >= 11 is -2.18. The summed E-state index contributed by atoms with van der Waals surface area (Å²) in [5.74, 6) is -26.9. The first-order chi connectivity index (χ1) is 17.1. The number of rotatable bonds is 10. The molecule has 3 unspecified atom stereocenters. The lowest BCUT2D eigenvalue weighted by Gasteiger charge is -2.61. The van der Waals surface area contributed by atoms with Gasteiger partial charge in [0.05, 0.1) is 18.6 Å². The second kappa shape index (κ2) is 9.44. The van der Waals surface area contributed by atoms with E-state index in [1.54, 1.807) is 0 Å². The monoisotopic (exact) mass is 604 g/mol. The van der Waals surface area contributed by atoms with Crippen LogP contribution in [0.2, 0.25) is 0 Å². The number of hydrogen-bond donors (Lipinski definition) is 2. The topological polar surface area (TPSA) is 85.2 Å². The Morgan fingerprint density at radius 3 is 1.71 bits per heavy atom. The van der Waals surface area contributed by atoms with Crippen molar-refractivity contribution in [2.45, 2.75) is 73.4 Å². The number of halogens is 12. The smallest absolute Gasteiger partial charge is 0.460 e. The van der Waals surface area contributed by atoms with Crippen molar-refractivity contribution in [2.24, 2.45) is 22.7 Å². The minimum absolute atomic E-state index is 0.0396. The van der Waals surface area contributed by atoms with Crippen molar-refractivity contribution in [3.63, 3.8) is 0 Å². The average molecular weight is 604 g/mol. The molecule has 19 heteroatoms. The van der Waals surface area contributed by atoms with Crippen molar-refractivity contribution < 1.29 is 82.0 Å². The first-order valence-corrected chi connectivity index (χ1v) is 11.5. The second-order valence-corrected chi connectivity index (χ2v) is 11.2. The molecular formula is C19H20F12O6S. The Morgan fingerprint density at radius 1 is 0.789 bits per heavy atom. The molecule has 0 aromatic heterocycles. The van der Waals surface area contributed by atoms with E-state index in [0.29, 0.717) is 19.3 Å². The van der Waals surface area contributed by atoms with Crippen LogP contribution in [0.25, 0.3) is 0 Å². The zero-order chi connectivity index (χ0) is 29.2. The van der Waals surface area contributed by atoms with Crippen molar-refractivity contribution >= 4 is 18.0 Å². The summed E-state index contributed by atoms with van der Waals surface area (Å²) in [6, 6.07) is 0. The first kappa shape index (κ1) is 31.3. The van der Waals surface area contributed by atoms with Crippen molar-refractivity contribution in [3.8, 4) is 0 Å². The van der Waals surface area contributed by atoms with Crippen LogP contribution >= 0.6 is 12.0 Å². The number of aliphatic hydroxyl groups is 1. The van der Waals surface area contributed by atoms with E-state index >= 15 is 0 Å². The van der Waals surface area contributed by atoms with E-state index < -0.39 is 70.3 Å². The van der Waals surface area contributed by atoms with E-state index in [1.807, 2.05) is 0 Å². The Balaban J connectivity index is 2.03. The Hall–Kier alpha value is -1.18. The SMILES string of the molecule is O=C(OCC12CC3CC(CC(CO)(C3)C1)C2)C(SOOO)(C(F)(F)F)C(F)(F)C(F)(F)C(F)(F)C(F)(F)F. The molecule has 4 aliphatic rings. The predicted molar refractivity (Wildman–Crippen MR) is 99.7 cm³/mol. The molecule has 0 aliphatic heterocycles. The molecule has 0 aromatic carbocycles. The zero-order valence-electron chi connectivity index (χ0n) is 18.8. The third kappa shape index (κ3) is 4.52. The third-order valence-electron chi connectivity index (χ3n) is 7.61. The van der Waals surface area contributed by atoms with Gasteiger partial charge in [-0.15, -0.1) is 4.33 Å². The van der Waals surface area contributed by atoms with Crippen LogP contribution < -0.4 is 0 Å². The van der Waals surface area contributed by atoms with Gasteiger partial charge in [-0.1, -0.05) is 5.04 Å². The maximum atomic E-state index is 14.8. The van der Waals surface area contributed by atoms with Gasteiger partial charge < -0.3 is 9.84 Å². The minimum Gasteiger partial charge on any atom is -0.464 e. The molecule has 0 radical (unpaired) electrons. The number of hydrogen-bond acceptors (Lipinski definition) is 7. The number of carbonyl (C=O) groups excluding carboxylic acids is 1. The average Bonchev–Trinajstić information content (AvgIpc) is 2.75. The van der Waals surface area contributed by atoms with Gasteiger partial charge in [-0.25, -0.2) is 10.1 Å². The van der Waals surface area contributed by atoms with E-state index in [-0.39, 0.29) is 37.7 Å². The van der Waals surface area contributed by atoms with Gasteiger partial charge in [0, 0.05) is 12.0 Å². The molecule has 222 valence electrons. The molecule has 4 bridgehead atoms. The molecule has 4 aliphatic carbocycles. The number of ether oxygens (including phenoxy) is 1. The fourth-order valence-electron chi connectivity index (χ4n) is 6.54. The zero-order valence-corrected chi connectivity index (χ0v) is 19.6. The van der Waals surface area contributed by atoms with Gasteiger partial charge in [0.2, 0.25) is 0 Å². The molecule has 38 heavy (non-hydrogen) atoms. The highest BCUT2D eigenvalue weighted by Gasteiger charge is 2.92. The van der Waals surface area contributed by atoms with Crippen LogP contribution in [-0.4, -0.2) is 64.4 Å². The molecule has 0 heterocycles. The summed E-state index contributed by atoms with van der Waals surface area (Å²) in [4.78, 5) is 12.6. The van der Waals surface area contributed by atoms with Gasteiger partial charge >= 0.3 is 40.8 Å². The van der Waals surface area contributed by atoms with E-state index in [0.717, 1.165) is 0 Å². The van der Waals surface area contributed by atoms with Crippen LogP contribution in [0.4, 0.5) is 52.7 Å². The van der Waals surface area contributed by atoms with Crippen molar-refractivity contribution in [1.82, 2.24) is 0 Å². The largest absolute Gasteiger partial charge is 0.464 e. The van der Waals surface area contributed by atoms with Crippen LogP contribution in [-0.2, 0) is 18.9 Å². The van der Waals surface area contributed by atoms with E-state index in [9.17, 15) is 62.6 Å². The van der Waals surface area contributed by atoms with Gasteiger partial charge in [0.25, 0.3) is 0 Å². The van der Waals surface area contributed by atoms with Gasteiger partial charge in [-0.3, -0.25) is 0 Å². The molecule has 2 N–H and O–H groups in total. The summed E-state index contributed by atoms with van der Waals surface area (Å²) in [5.41, 5.74) is -1.93. The van der Waals surface area contributed by atoms with Crippen molar-refractivity contribution in [1.29, 1.82) is 0 Å². The number of alkyl halides is 12. The van der Waals surface area contributed by atoms with E-state index in [2.05, 4.69) is 14.1 Å². The predicted octanol–water partition coefficient (Wildman–Crippen LogP) is 5.95. The van der Waals surface area contributed by atoms with Gasteiger partial charge in [-0.05, 0) is 55.8 Å². The molecule has 6 nitrogen and oxygen atoms in total. The Labute approximate surface area is 210 Å². The lowest BCUT2D eigenvalue weighted by Crippen LogP contribution is -2.74. The normalized spacial score (nSPS) is 31.8. The summed E-state index contributed by atoms with van der Waals surface area (Å²) in [6.07, 6.45) is -12.5. The Bertz CT molecular complexity index is 896. The lowest BCUT2D eigenvalue weighted by molar-refractivity contribution is -0.436.